The first kappa shape index (κ1) is 22.9. The van der Waals surface area contributed by atoms with Gasteiger partial charge in [0.25, 0.3) is 0 Å². The molecule has 31 heavy (non-hydrogen) atoms. The maximum atomic E-state index is 12.4. The van der Waals surface area contributed by atoms with Crippen molar-refractivity contribution in [3.8, 4) is 0 Å². The molecular formula is C22H32N4O5. The maximum Gasteiger partial charge on any atom is 0.407 e. The Bertz CT molecular complexity index is 793. The SMILES string of the molecule is CC1=NCN([C@H]2CC[C@H](NC(=O)OCc3ccccc3)[C@H](NC(=O)OC(C)(C)C)C2)O1. The molecule has 0 saturated heterocycles. The number of hydroxylamine groups is 2. The second-order valence-corrected chi connectivity index (χ2v) is 8.86. The van der Waals surface area contributed by atoms with Gasteiger partial charge in [0.15, 0.2) is 0 Å². The largest absolute Gasteiger partial charge is 0.445 e. The van der Waals surface area contributed by atoms with Gasteiger partial charge in [-0.1, -0.05) is 30.3 Å². The molecule has 0 radical (unpaired) electrons. The first-order chi connectivity index (χ1) is 14.7. The van der Waals surface area contributed by atoms with Gasteiger partial charge in [0.1, 0.15) is 18.9 Å². The van der Waals surface area contributed by atoms with Crippen molar-refractivity contribution in [3.63, 3.8) is 0 Å². The minimum Gasteiger partial charge on any atom is -0.445 e. The molecule has 1 aliphatic carbocycles. The molecule has 0 unspecified atom stereocenters. The summed E-state index contributed by atoms with van der Waals surface area (Å²) >= 11 is 0. The Morgan fingerprint density at radius 3 is 2.48 bits per heavy atom. The monoisotopic (exact) mass is 432 g/mol. The second-order valence-electron chi connectivity index (χ2n) is 8.86. The van der Waals surface area contributed by atoms with Crippen LogP contribution in [0.4, 0.5) is 9.59 Å². The van der Waals surface area contributed by atoms with Gasteiger partial charge in [-0.05, 0) is 45.6 Å². The molecule has 9 heteroatoms. The number of carbonyl (C=O) groups is 2. The number of alkyl carbamates (subject to hydrolysis) is 2. The molecule has 1 saturated carbocycles. The summed E-state index contributed by atoms with van der Waals surface area (Å²) in [6.45, 7) is 7.89. The molecular weight excluding hydrogens is 400 g/mol. The lowest BCUT2D eigenvalue weighted by molar-refractivity contribution is -0.102. The number of amides is 2. The van der Waals surface area contributed by atoms with Crippen LogP contribution in [-0.2, 0) is 20.9 Å². The van der Waals surface area contributed by atoms with Crippen molar-refractivity contribution < 1.29 is 23.9 Å². The number of carbonyl (C=O) groups excluding carboxylic acids is 2. The summed E-state index contributed by atoms with van der Waals surface area (Å²) in [5.74, 6) is 0.626. The van der Waals surface area contributed by atoms with E-state index in [-0.39, 0.29) is 24.7 Å². The van der Waals surface area contributed by atoms with Crippen LogP contribution in [0.3, 0.4) is 0 Å². The first-order valence-electron chi connectivity index (χ1n) is 10.6. The number of hydrogen-bond acceptors (Lipinski definition) is 7. The molecule has 1 aromatic rings. The standard InChI is InChI=1S/C22H32N4O5/c1-15-23-14-26(31-15)17-10-11-18(19(12-17)25-21(28)30-22(2,3)4)24-20(27)29-13-16-8-6-5-7-9-16/h5-9,17-19H,10-14H2,1-4H3,(H,24,27)(H,25,28)/t17-,18-,19+/m0/s1. The lowest BCUT2D eigenvalue weighted by Crippen LogP contribution is -2.58. The van der Waals surface area contributed by atoms with Crippen LogP contribution in [-0.4, -0.2) is 53.5 Å². The van der Waals surface area contributed by atoms with E-state index in [0.29, 0.717) is 25.4 Å². The Labute approximate surface area is 183 Å². The minimum absolute atomic E-state index is 0.0690. The third-order valence-electron chi connectivity index (χ3n) is 5.13. The third-order valence-corrected chi connectivity index (χ3v) is 5.13. The summed E-state index contributed by atoms with van der Waals surface area (Å²) in [7, 11) is 0. The van der Waals surface area contributed by atoms with Crippen molar-refractivity contribution in [2.75, 3.05) is 6.67 Å². The quantitative estimate of drug-likeness (QED) is 0.740. The summed E-state index contributed by atoms with van der Waals surface area (Å²) in [6, 6.07) is 8.94. The normalized spacial score (nSPS) is 24.0. The summed E-state index contributed by atoms with van der Waals surface area (Å²) in [5, 5.41) is 7.65. The van der Waals surface area contributed by atoms with Gasteiger partial charge in [0.2, 0.25) is 5.90 Å². The zero-order chi connectivity index (χ0) is 22.4. The van der Waals surface area contributed by atoms with Crippen LogP contribution in [0.15, 0.2) is 35.3 Å². The molecule has 170 valence electrons. The van der Waals surface area contributed by atoms with Gasteiger partial charge in [0.05, 0.1) is 18.1 Å². The Hall–Kier alpha value is -2.81. The fourth-order valence-corrected chi connectivity index (χ4v) is 3.70. The predicted octanol–water partition coefficient (Wildman–Crippen LogP) is 3.35. The van der Waals surface area contributed by atoms with Crippen molar-refractivity contribution in [1.82, 2.24) is 15.7 Å². The van der Waals surface area contributed by atoms with Crippen LogP contribution in [0.1, 0.15) is 52.5 Å². The van der Waals surface area contributed by atoms with Crippen LogP contribution in [0.5, 0.6) is 0 Å². The molecule has 3 rings (SSSR count). The molecule has 2 amide bonds. The summed E-state index contributed by atoms with van der Waals surface area (Å²) in [5.41, 5.74) is 0.296. The lowest BCUT2D eigenvalue weighted by Gasteiger charge is -2.39. The lowest BCUT2D eigenvalue weighted by atomic mass is 9.86. The van der Waals surface area contributed by atoms with Gasteiger partial charge in [-0.3, -0.25) is 0 Å². The number of rotatable bonds is 5. The van der Waals surface area contributed by atoms with E-state index in [2.05, 4.69) is 15.6 Å². The number of benzene rings is 1. The van der Waals surface area contributed by atoms with Crippen molar-refractivity contribution in [2.45, 2.75) is 77.3 Å². The number of hydrogen-bond donors (Lipinski definition) is 2. The second kappa shape index (κ2) is 10.00. The first-order valence-corrected chi connectivity index (χ1v) is 10.6. The molecule has 1 aliphatic heterocycles. The van der Waals surface area contributed by atoms with Gasteiger partial charge in [0, 0.05) is 6.92 Å². The van der Waals surface area contributed by atoms with E-state index in [0.717, 1.165) is 12.0 Å². The molecule has 0 aromatic heterocycles. The minimum atomic E-state index is -0.612. The van der Waals surface area contributed by atoms with Crippen molar-refractivity contribution in [2.24, 2.45) is 4.99 Å². The van der Waals surface area contributed by atoms with E-state index in [4.69, 9.17) is 14.3 Å². The summed E-state index contributed by atoms with van der Waals surface area (Å²) in [4.78, 5) is 34.7. The van der Waals surface area contributed by atoms with Crippen LogP contribution in [0.25, 0.3) is 0 Å². The number of aliphatic imine (C=N–C) groups is 1. The fourth-order valence-electron chi connectivity index (χ4n) is 3.70. The molecule has 1 aromatic carbocycles. The van der Waals surface area contributed by atoms with Crippen molar-refractivity contribution in [3.05, 3.63) is 35.9 Å². The number of ether oxygens (including phenoxy) is 2. The van der Waals surface area contributed by atoms with E-state index in [9.17, 15) is 9.59 Å². The highest BCUT2D eigenvalue weighted by atomic mass is 16.7. The summed E-state index contributed by atoms with van der Waals surface area (Å²) < 4.78 is 10.8. The third kappa shape index (κ3) is 7.13. The topological polar surface area (TPSA) is 101 Å². The predicted molar refractivity (Wildman–Crippen MR) is 115 cm³/mol. The Morgan fingerprint density at radius 2 is 1.84 bits per heavy atom. The van der Waals surface area contributed by atoms with Crippen LogP contribution >= 0.6 is 0 Å². The highest BCUT2D eigenvalue weighted by Crippen LogP contribution is 2.26. The zero-order valence-corrected chi connectivity index (χ0v) is 18.6. The van der Waals surface area contributed by atoms with Gasteiger partial charge in [-0.2, -0.15) is 0 Å². The molecule has 0 bridgehead atoms. The van der Waals surface area contributed by atoms with E-state index < -0.39 is 17.8 Å². The number of nitrogens with zero attached hydrogens (tertiary/aromatic N) is 2. The van der Waals surface area contributed by atoms with Crippen LogP contribution in [0.2, 0.25) is 0 Å². The molecule has 1 fully saturated rings. The molecule has 9 nitrogen and oxygen atoms in total. The Kier molecular flexibility index (Phi) is 7.37. The fraction of sp³-hybridized carbons (Fsp3) is 0.591. The van der Waals surface area contributed by atoms with Crippen molar-refractivity contribution in [1.29, 1.82) is 0 Å². The average molecular weight is 433 g/mol. The zero-order valence-electron chi connectivity index (χ0n) is 18.6. The molecule has 3 atom stereocenters. The van der Waals surface area contributed by atoms with Gasteiger partial charge < -0.3 is 24.9 Å². The summed E-state index contributed by atoms with van der Waals surface area (Å²) in [6.07, 6.45) is 1.01. The molecule has 2 aliphatic rings. The van der Waals surface area contributed by atoms with Crippen molar-refractivity contribution >= 4 is 18.1 Å². The Morgan fingerprint density at radius 1 is 1.13 bits per heavy atom. The number of nitrogens with one attached hydrogen (secondary N) is 2. The van der Waals surface area contributed by atoms with Gasteiger partial charge in [-0.25, -0.2) is 14.6 Å². The maximum absolute atomic E-state index is 12.4. The van der Waals surface area contributed by atoms with Gasteiger partial charge in [-0.15, -0.1) is 5.06 Å². The highest BCUT2D eigenvalue weighted by molar-refractivity contribution is 5.73. The average Bonchev–Trinajstić information content (AvgIpc) is 3.13. The smallest absolute Gasteiger partial charge is 0.407 e. The molecule has 1 heterocycles. The highest BCUT2D eigenvalue weighted by Gasteiger charge is 2.38. The van der Waals surface area contributed by atoms with Crippen LogP contribution < -0.4 is 10.6 Å². The van der Waals surface area contributed by atoms with E-state index in [1.807, 2.05) is 63.1 Å². The van der Waals surface area contributed by atoms with E-state index in [1.165, 1.54) is 0 Å². The molecule has 0 spiro atoms. The van der Waals surface area contributed by atoms with Gasteiger partial charge >= 0.3 is 12.2 Å². The van der Waals surface area contributed by atoms with E-state index >= 15 is 0 Å². The van der Waals surface area contributed by atoms with E-state index in [1.54, 1.807) is 0 Å². The Balaban J connectivity index is 1.59. The molecule has 2 N–H and O–H groups in total. The van der Waals surface area contributed by atoms with Crippen LogP contribution in [0, 0.1) is 0 Å².